The number of halogens is 3. The Morgan fingerprint density at radius 3 is 2.59 bits per heavy atom. The van der Waals surface area contributed by atoms with E-state index in [2.05, 4.69) is 5.32 Å². The number of nitrogens with one attached hydrogen (secondary N) is 1. The Balaban J connectivity index is 2.89. The molecule has 0 aromatic heterocycles. The average molecular weight is 248 g/mol. The van der Waals surface area contributed by atoms with Crippen molar-refractivity contribution in [2.24, 2.45) is 5.73 Å². The van der Waals surface area contributed by atoms with Crippen LogP contribution in [0.25, 0.3) is 0 Å². The number of nitrogens with two attached hydrogens (primary N) is 1. The van der Waals surface area contributed by atoms with E-state index in [1.54, 1.807) is 6.07 Å². The third-order valence-corrected chi connectivity index (χ3v) is 2.35. The van der Waals surface area contributed by atoms with Crippen LogP contribution in [0.4, 0.5) is 13.2 Å². The number of hydrogen-bond donors (Lipinski definition) is 3. The molecule has 0 aliphatic carbocycles. The molecule has 17 heavy (non-hydrogen) atoms. The molecule has 0 amide bonds. The van der Waals surface area contributed by atoms with Crippen LogP contribution in [0.15, 0.2) is 24.3 Å². The third kappa shape index (κ3) is 3.99. The van der Waals surface area contributed by atoms with Gasteiger partial charge in [-0.3, -0.25) is 0 Å². The van der Waals surface area contributed by atoms with Crippen molar-refractivity contribution in [1.82, 2.24) is 5.32 Å². The summed E-state index contributed by atoms with van der Waals surface area (Å²) in [5, 5.41) is 11.5. The molecule has 1 atom stereocenters. The molecule has 0 heterocycles. The molecule has 0 aliphatic heterocycles. The smallest absolute Gasteiger partial charge is 0.395 e. The summed E-state index contributed by atoms with van der Waals surface area (Å²) in [6.45, 7) is 0.370. The minimum absolute atomic E-state index is 0.0878. The number of aliphatic hydroxyl groups excluding tert-OH is 1. The second-order valence-corrected chi connectivity index (χ2v) is 3.59. The highest BCUT2D eigenvalue weighted by atomic mass is 19.4. The van der Waals surface area contributed by atoms with Gasteiger partial charge in [-0.1, -0.05) is 12.1 Å². The van der Waals surface area contributed by atoms with Gasteiger partial charge in [0.25, 0.3) is 0 Å². The summed E-state index contributed by atoms with van der Waals surface area (Å²) in [5.74, 6) is 0. The summed E-state index contributed by atoms with van der Waals surface area (Å²) < 4.78 is 37.5. The summed E-state index contributed by atoms with van der Waals surface area (Å²) in [6, 6.07) is 4.63. The first kappa shape index (κ1) is 14.0. The quantitative estimate of drug-likeness (QED) is 0.736. The van der Waals surface area contributed by atoms with E-state index in [0.717, 1.165) is 12.1 Å². The topological polar surface area (TPSA) is 58.3 Å². The summed E-state index contributed by atoms with van der Waals surface area (Å²) in [5.41, 5.74) is 5.25. The van der Waals surface area contributed by atoms with Gasteiger partial charge >= 0.3 is 6.18 Å². The lowest BCUT2D eigenvalue weighted by Crippen LogP contribution is -2.30. The van der Waals surface area contributed by atoms with Crippen molar-refractivity contribution in [2.75, 3.05) is 19.7 Å². The van der Waals surface area contributed by atoms with Crippen molar-refractivity contribution in [3.8, 4) is 0 Å². The third-order valence-electron chi connectivity index (χ3n) is 2.35. The number of alkyl halides is 3. The van der Waals surface area contributed by atoms with Crippen molar-refractivity contribution in [3.63, 3.8) is 0 Å². The van der Waals surface area contributed by atoms with Gasteiger partial charge in [0.05, 0.1) is 12.2 Å². The van der Waals surface area contributed by atoms with Crippen molar-refractivity contribution >= 4 is 0 Å². The Morgan fingerprint density at radius 2 is 2.06 bits per heavy atom. The second kappa shape index (κ2) is 6.00. The Kier molecular flexibility index (Phi) is 4.92. The largest absolute Gasteiger partial charge is 0.416 e. The van der Waals surface area contributed by atoms with Gasteiger partial charge in [0.15, 0.2) is 0 Å². The summed E-state index contributed by atoms with van der Waals surface area (Å²) in [6.07, 6.45) is -4.36. The molecular weight excluding hydrogens is 233 g/mol. The van der Waals surface area contributed by atoms with Crippen LogP contribution in [0.2, 0.25) is 0 Å². The molecule has 4 N–H and O–H groups in total. The van der Waals surface area contributed by atoms with Crippen molar-refractivity contribution in [2.45, 2.75) is 12.2 Å². The highest BCUT2D eigenvalue weighted by Crippen LogP contribution is 2.30. The number of aliphatic hydroxyl groups is 1. The van der Waals surface area contributed by atoms with Crippen LogP contribution in [0.3, 0.4) is 0 Å². The van der Waals surface area contributed by atoms with Crippen LogP contribution in [-0.4, -0.2) is 24.8 Å². The fraction of sp³-hybridized carbons (Fsp3) is 0.455. The molecule has 0 saturated carbocycles. The molecule has 1 aromatic carbocycles. The first-order valence-corrected chi connectivity index (χ1v) is 5.20. The minimum atomic E-state index is -4.36. The van der Waals surface area contributed by atoms with Gasteiger partial charge in [-0.2, -0.15) is 13.2 Å². The van der Waals surface area contributed by atoms with E-state index in [1.165, 1.54) is 6.07 Å². The molecular formula is C11H15F3N2O. The Bertz CT molecular complexity index is 355. The standard InChI is InChI=1S/C11H15F3N2O/c12-11(13,14)9-3-1-2-8(6-9)10(7-15)16-4-5-17/h1-3,6,10,16-17H,4-5,7,15H2. The molecule has 0 aliphatic rings. The summed E-state index contributed by atoms with van der Waals surface area (Å²) in [4.78, 5) is 0. The van der Waals surface area contributed by atoms with E-state index in [-0.39, 0.29) is 25.7 Å². The highest BCUT2D eigenvalue weighted by Gasteiger charge is 2.30. The molecule has 1 aromatic rings. The Morgan fingerprint density at radius 1 is 1.35 bits per heavy atom. The fourth-order valence-electron chi connectivity index (χ4n) is 1.51. The zero-order valence-electron chi connectivity index (χ0n) is 9.17. The average Bonchev–Trinajstić information content (AvgIpc) is 2.29. The van der Waals surface area contributed by atoms with E-state index >= 15 is 0 Å². The monoisotopic (exact) mass is 248 g/mol. The van der Waals surface area contributed by atoms with E-state index in [9.17, 15) is 13.2 Å². The van der Waals surface area contributed by atoms with Crippen molar-refractivity contribution < 1.29 is 18.3 Å². The molecule has 6 heteroatoms. The SMILES string of the molecule is NCC(NCCO)c1cccc(C(F)(F)F)c1. The summed E-state index contributed by atoms with van der Waals surface area (Å²) in [7, 11) is 0. The normalized spacial score (nSPS) is 13.7. The van der Waals surface area contributed by atoms with E-state index in [0.29, 0.717) is 5.56 Å². The lowest BCUT2D eigenvalue weighted by atomic mass is 10.0. The molecule has 0 spiro atoms. The molecule has 1 rings (SSSR count). The molecule has 1 unspecified atom stereocenters. The predicted molar refractivity (Wildman–Crippen MR) is 58.3 cm³/mol. The van der Waals surface area contributed by atoms with E-state index in [4.69, 9.17) is 10.8 Å². The van der Waals surface area contributed by atoms with Crippen LogP contribution >= 0.6 is 0 Å². The maximum Gasteiger partial charge on any atom is 0.416 e. The first-order chi connectivity index (χ1) is 7.99. The Labute approximate surface area is 97.4 Å². The van der Waals surface area contributed by atoms with Crippen LogP contribution < -0.4 is 11.1 Å². The maximum atomic E-state index is 12.5. The first-order valence-electron chi connectivity index (χ1n) is 5.20. The number of hydrogen-bond acceptors (Lipinski definition) is 3. The number of benzene rings is 1. The zero-order chi connectivity index (χ0) is 12.9. The Hall–Kier alpha value is -1.11. The van der Waals surface area contributed by atoms with Crippen LogP contribution in [-0.2, 0) is 6.18 Å². The molecule has 3 nitrogen and oxygen atoms in total. The van der Waals surface area contributed by atoms with E-state index < -0.39 is 11.7 Å². The van der Waals surface area contributed by atoms with Gasteiger partial charge in [0.1, 0.15) is 0 Å². The molecule has 0 radical (unpaired) electrons. The summed E-state index contributed by atoms with van der Waals surface area (Å²) >= 11 is 0. The van der Waals surface area contributed by atoms with Crippen LogP contribution in [0.5, 0.6) is 0 Å². The number of rotatable bonds is 5. The predicted octanol–water partition coefficient (Wildman–Crippen LogP) is 1.29. The maximum absolute atomic E-state index is 12.5. The fourth-order valence-corrected chi connectivity index (χ4v) is 1.51. The van der Waals surface area contributed by atoms with Gasteiger partial charge in [0.2, 0.25) is 0 Å². The van der Waals surface area contributed by atoms with E-state index in [1.807, 2.05) is 0 Å². The highest BCUT2D eigenvalue weighted by molar-refractivity contribution is 5.28. The van der Waals surface area contributed by atoms with Gasteiger partial charge in [0, 0.05) is 19.1 Å². The van der Waals surface area contributed by atoms with Gasteiger partial charge in [-0.05, 0) is 17.7 Å². The van der Waals surface area contributed by atoms with Gasteiger partial charge in [-0.15, -0.1) is 0 Å². The van der Waals surface area contributed by atoms with Gasteiger partial charge in [-0.25, -0.2) is 0 Å². The lowest BCUT2D eigenvalue weighted by molar-refractivity contribution is -0.137. The molecule has 0 fully saturated rings. The lowest BCUT2D eigenvalue weighted by Gasteiger charge is -2.18. The minimum Gasteiger partial charge on any atom is -0.395 e. The molecule has 0 bridgehead atoms. The van der Waals surface area contributed by atoms with Gasteiger partial charge < -0.3 is 16.2 Å². The second-order valence-electron chi connectivity index (χ2n) is 3.59. The zero-order valence-corrected chi connectivity index (χ0v) is 9.17. The van der Waals surface area contributed by atoms with Crippen LogP contribution in [0.1, 0.15) is 17.2 Å². The van der Waals surface area contributed by atoms with Crippen molar-refractivity contribution in [1.29, 1.82) is 0 Å². The van der Waals surface area contributed by atoms with Crippen LogP contribution in [0, 0.1) is 0 Å². The van der Waals surface area contributed by atoms with Crippen molar-refractivity contribution in [3.05, 3.63) is 35.4 Å². The molecule has 0 saturated heterocycles. The molecule has 96 valence electrons.